The van der Waals surface area contributed by atoms with Crippen molar-refractivity contribution < 1.29 is 19.1 Å². The second-order valence-corrected chi connectivity index (χ2v) is 12.2. The third-order valence-electron chi connectivity index (χ3n) is 8.46. The van der Waals surface area contributed by atoms with Crippen molar-refractivity contribution in [3.8, 4) is 17.0 Å². The van der Waals surface area contributed by atoms with Gasteiger partial charge in [0.1, 0.15) is 12.1 Å². The third-order valence-corrected chi connectivity index (χ3v) is 9.00. The van der Waals surface area contributed by atoms with Gasteiger partial charge in [0.25, 0.3) is 11.8 Å². The first-order valence-corrected chi connectivity index (χ1v) is 16.0. The minimum atomic E-state index is -0.120. The fourth-order valence-electron chi connectivity index (χ4n) is 5.97. The van der Waals surface area contributed by atoms with E-state index in [9.17, 15) is 9.59 Å². The summed E-state index contributed by atoms with van der Waals surface area (Å²) < 4.78 is 17.4. The largest absolute Gasteiger partial charge is 0.483 e. The molecule has 4 aromatic rings. The Kier molecular flexibility index (Phi) is 10.8. The minimum absolute atomic E-state index is 0.0771. The summed E-state index contributed by atoms with van der Waals surface area (Å²) in [5.74, 6) is 0.822. The fourth-order valence-corrected chi connectivity index (χ4v) is 6.15. The van der Waals surface area contributed by atoms with E-state index < -0.39 is 0 Å². The van der Waals surface area contributed by atoms with E-state index in [1.807, 2.05) is 41.7 Å². The van der Waals surface area contributed by atoms with Crippen molar-refractivity contribution in [2.75, 3.05) is 47.0 Å². The van der Waals surface area contributed by atoms with Crippen molar-refractivity contribution in [3.63, 3.8) is 0 Å². The van der Waals surface area contributed by atoms with Gasteiger partial charge in [0.05, 0.1) is 18.9 Å². The Balaban J connectivity index is 1.40. The number of fused-ring (bicyclic) bond motifs is 1. The summed E-state index contributed by atoms with van der Waals surface area (Å²) >= 11 is 1.16. The fraction of sp³-hybridized carbons (Fsp3) is 0.424. The Hall–Kier alpha value is -3.64. The summed E-state index contributed by atoms with van der Waals surface area (Å²) in [5.41, 5.74) is 4.90. The summed E-state index contributed by atoms with van der Waals surface area (Å²) in [6, 6.07) is 13.9. The number of carbonyl (C=O) groups is 2. The van der Waals surface area contributed by atoms with Crippen LogP contribution in [0.4, 0.5) is 0 Å². The van der Waals surface area contributed by atoms with Crippen LogP contribution in [0.15, 0.2) is 61.2 Å². The smallest absolute Gasteiger partial charge is 0.263 e. The highest BCUT2D eigenvalue weighted by Crippen LogP contribution is 2.45. The number of likely N-dealkylation sites (N-methyl/N-ethyl adjacent to an activating group) is 2. The first kappa shape index (κ1) is 31.8. The number of aromatic nitrogens is 3. The van der Waals surface area contributed by atoms with Gasteiger partial charge in [-0.1, -0.05) is 37.5 Å². The summed E-state index contributed by atoms with van der Waals surface area (Å²) in [4.78, 5) is 31.8. The Bertz CT molecular complexity index is 1560. The van der Waals surface area contributed by atoms with Crippen molar-refractivity contribution in [2.24, 2.45) is 12.2 Å². The Morgan fingerprint density at radius 3 is 2.59 bits per heavy atom. The highest BCUT2D eigenvalue weighted by atomic mass is 32.2. The van der Waals surface area contributed by atoms with Crippen LogP contribution >= 0.6 is 12.1 Å². The van der Waals surface area contributed by atoms with E-state index in [1.165, 1.54) is 35.7 Å². The van der Waals surface area contributed by atoms with Crippen LogP contribution in [0.25, 0.3) is 22.2 Å². The number of rotatable bonds is 13. The van der Waals surface area contributed by atoms with Gasteiger partial charge in [-0.3, -0.25) is 19.3 Å². The van der Waals surface area contributed by atoms with Crippen LogP contribution in [0.1, 0.15) is 53.9 Å². The van der Waals surface area contributed by atoms with Crippen LogP contribution in [-0.2, 0) is 16.6 Å². The van der Waals surface area contributed by atoms with Gasteiger partial charge in [-0.05, 0) is 55.6 Å². The Labute approximate surface area is 263 Å². The zero-order valence-corrected chi connectivity index (χ0v) is 26.6. The van der Waals surface area contributed by atoms with Crippen molar-refractivity contribution in [1.29, 1.82) is 0 Å². The molecule has 44 heavy (non-hydrogen) atoms. The van der Waals surface area contributed by atoms with Gasteiger partial charge >= 0.3 is 0 Å². The van der Waals surface area contributed by atoms with Crippen LogP contribution in [0.5, 0.6) is 5.75 Å². The van der Waals surface area contributed by atoms with Crippen molar-refractivity contribution >= 4 is 34.9 Å². The van der Waals surface area contributed by atoms with E-state index in [0.717, 1.165) is 47.1 Å². The quantitative estimate of drug-likeness (QED) is 0.163. The molecule has 0 bridgehead atoms. The number of nitrogens with zero attached hydrogens (tertiary/aromatic N) is 5. The second-order valence-electron chi connectivity index (χ2n) is 11.3. The van der Waals surface area contributed by atoms with Crippen LogP contribution in [-0.4, -0.2) is 82.1 Å². The number of benzene rings is 2. The molecule has 2 aromatic carbocycles. The maximum Gasteiger partial charge on any atom is 0.263 e. The average molecular weight is 619 g/mol. The third kappa shape index (κ3) is 7.18. The monoisotopic (exact) mass is 618 g/mol. The number of carbonyl (C=O) groups excluding carboxylic acids is 2. The number of amides is 1. The number of para-hydroxylation sites is 1. The van der Waals surface area contributed by atoms with Gasteiger partial charge in [0, 0.05) is 73.7 Å². The molecule has 234 valence electrons. The molecular formula is C33H42N6O4S. The van der Waals surface area contributed by atoms with Gasteiger partial charge < -0.3 is 18.9 Å². The summed E-state index contributed by atoms with van der Waals surface area (Å²) in [7, 11) is 5.71. The van der Waals surface area contributed by atoms with Crippen LogP contribution in [0.2, 0.25) is 0 Å². The van der Waals surface area contributed by atoms with Crippen LogP contribution in [0.3, 0.4) is 0 Å². The maximum absolute atomic E-state index is 13.2. The molecular weight excluding hydrogens is 576 g/mol. The number of aryl methyl sites for hydroxylation is 1. The minimum Gasteiger partial charge on any atom is -0.483 e. The molecule has 2 heterocycles. The molecule has 5 rings (SSSR count). The van der Waals surface area contributed by atoms with Gasteiger partial charge in [-0.25, -0.2) is 9.29 Å². The molecule has 0 aliphatic heterocycles. The zero-order valence-electron chi connectivity index (χ0n) is 25.8. The Morgan fingerprint density at radius 2 is 1.84 bits per heavy atom. The number of imidazole rings is 1. The lowest BCUT2D eigenvalue weighted by Crippen LogP contribution is -2.34. The summed E-state index contributed by atoms with van der Waals surface area (Å²) in [6.45, 7) is 2.08. The maximum atomic E-state index is 13.2. The number of ether oxygens (including phenoxy) is 2. The number of hydrogen-bond acceptors (Lipinski definition) is 8. The lowest BCUT2D eigenvalue weighted by molar-refractivity contribution is -0.132. The van der Waals surface area contributed by atoms with Gasteiger partial charge in [-0.2, -0.15) is 0 Å². The molecule has 1 amide bonds. The van der Waals surface area contributed by atoms with Crippen molar-refractivity contribution in [3.05, 3.63) is 72.3 Å². The van der Waals surface area contributed by atoms with Crippen LogP contribution < -0.4 is 9.88 Å². The van der Waals surface area contributed by atoms with Crippen molar-refractivity contribution in [1.82, 2.24) is 23.3 Å². The first-order valence-electron chi connectivity index (χ1n) is 15.2. The number of hydrogen-bond donors (Lipinski definition) is 1. The second kappa shape index (κ2) is 14.9. The first-order chi connectivity index (χ1) is 21.4. The molecule has 11 heteroatoms. The topological polar surface area (TPSA) is 108 Å². The molecule has 0 spiro atoms. The molecule has 1 aliphatic rings. The molecule has 0 unspecified atom stereocenters. The Morgan fingerprint density at radius 1 is 1.07 bits per heavy atom. The van der Waals surface area contributed by atoms with E-state index in [2.05, 4.69) is 28.7 Å². The predicted octanol–water partition coefficient (Wildman–Crippen LogP) is 5.09. The van der Waals surface area contributed by atoms with E-state index >= 15 is 0 Å². The van der Waals surface area contributed by atoms with Gasteiger partial charge in [-0.15, -0.1) is 0 Å². The van der Waals surface area contributed by atoms with Gasteiger partial charge in [0.15, 0.2) is 6.61 Å². The summed E-state index contributed by atoms with van der Waals surface area (Å²) in [6.07, 6.45) is 10.7. The standard InChI is InChI=1S/C33H42N6O4S/c1-36(17-19-42-20-18-37(2)44-34)30(40)22-43-29-12-8-7-11-27(29)32-31(24-9-5-4-6-10-24)26-14-13-25(21-28(26)38(32)3)33(41)39-16-15-35-23-39/h7-8,11-16,21,23-24H,4-6,9-10,17-20,22,34H2,1-3H3. The highest BCUT2D eigenvalue weighted by Gasteiger charge is 2.27. The zero-order chi connectivity index (χ0) is 31.1. The molecule has 2 aromatic heterocycles. The molecule has 0 saturated heterocycles. The molecule has 1 fully saturated rings. The highest BCUT2D eigenvalue weighted by molar-refractivity contribution is 7.94. The summed E-state index contributed by atoms with van der Waals surface area (Å²) in [5, 5.41) is 6.67. The van der Waals surface area contributed by atoms with Crippen LogP contribution in [0, 0.1) is 0 Å². The average Bonchev–Trinajstić information content (AvgIpc) is 3.70. The normalized spacial score (nSPS) is 13.9. The predicted molar refractivity (Wildman–Crippen MR) is 174 cm³/mol. The molecule has 2 N–H and O–H groups in total. The van der Waals surface area contributed by atoms with E-state index in [1.54, 1.807) is 24.3 Å². The lowest BCUT2D eigenvalue weighted by Gasteiger charge is -2.24. The lowest BCUT2D eigenvalue weighted by atomic mass is 9.81. The van der Waals surface area contributed by atoms with Gasteiger partial charge in [0.2, 0.25) is 0 Å². The van der Waals surface area contributed by atoms with E-state index in [0.29, 0.717) is 43.5 Å². The van der Waals surface area contributed by atoms with E-state index in [-0.39, 0.29) is 18.4 Å². The van der Waals surface area contributed by atoms with Crippen molar-refractivity contribution in [2.45, 2.75) is 38.0 Å². The molecule has 1 saturated carbocycles. The molecule has 1 aliphatic carbocycles. The van der Waals surface area contributed by atoms with E-state index in [4.69, 9.17) is 14.6 Å². The molecule has 10 nitrogen and oxygen atoms in total. The SMILES string of the molecule is CN(CCOCCN(C)C(=O)COc1ccccc1-c1c(C2CCCCC2)c2ccc(C(=O)n3ccnc3)cc2n1C)SN. The number of nitrogens with two attached hydrogens (primary N) is 1. The molecule has 0 atom stereocenters. The molecule has 0 radical (unpaired) electrons.